The largest absolute Gasteiger partial charge is 0.377 e. The van der Waals surface area contributed by atoms with E-state index in [1.54, 1.807) is 6.20 Å². The highest BCUT2D eigenvalue weighted by Crippen LogP contribution is 2.10. The van der Waals surface area contributed by atoms with Gasteiger partial charge in [0.15, 0.2) is 5.96 Å². The van der Waals surface area contributed by atoms with E-state index in [9.17, 15) is 0 Å². The predicted molar refractivity (Wildman–Crippen MR) is 89.0 cm³/mol. The Kier molecular flexibility index (Phi) is 7.52. The molecular formula is C16H27N5O. The number of nitrogens with zero attached hydrogens (tertiary/aromatic N) is 3. The van der Waals surface area contributed by atoms with Crippen molar-refractivity contribution in [1.82, 2.24) is 20.4 Å². The molecule has 0 saturated heterocycles. The van der Waals surface area contributed by atoms with Gasteiger partial charge < -0.3 is 15.4 Å². The highest BCUT2D eigenvalue weighted by Gasteiger charge is 2.04. The zero-order chi connectivity index (χ0) is 15.5. The third-order valence-corrected chi connectivity index (χ3v) is 3.51. The fourth-order valence-electron chi connectivity index (χ4n) is 2.33. The van der Waals surface area contributed by atoms with Gasteiger partial charge >= 0.3 is 0 Å². The molecule has 0 radical (unpaired) electrons. The Bertz CT molecular complexity index is 467. The second kappa shape index (κ2) is 10.00. The van der Waals surface area contributed by atoms with E-state index in [0.717, 1.165) is 64.6 Å². The molecule has 0 amide bonds. The minimum atomic E-state index is 0.761. The Morgan fingerprint density at radius 3 is 3.14 bits per heavy atom. The Labute approximate surface area is 132 Å². The van der Waals surface area contributed by atoms with Crippen LogP contribution >= 0.6 is 0 Å². The van der Waals surface area contributed by atoms with E-state index in [0.29, 0.717) is 0 Å². The van der Waals surface area contributed by atoms with Gasteiger partial charge in [-0.15, -0.1) is 0 Å². The van der Waals surface area contributed by atoms with Gasteiger partial charge in [0.25, 0.3) is 0 Å². The first-order chi connectivity index (χ1) is 10.9. The van der Waals surface area contributed by atoms with Crippen LogP contribution in [0.3, 0.4) is 0 Å². The first-order valence-corrected chi connectivity index (χ1v) is 8.13. The molecule has 2 heterocycles. The molecule has 1 aromatic heterocycles. The van der Waals surface area contributed by atoms with Gasteiger partial charge in [0.05, 0.1) is 13.2 Å². The normalized spacial score (nSPS) is 15.5. The standard InChI is InChI=1S/C16H27N5O/c1-2-17-16(18-8-3-11-21-12-4-9-20-21)19-10-5-15-6-13-22-14-7-15/h4,6,9,12H,2-3,5,7-8,10-11,13-14H2,1H3,(H2,17,18,19). The first-order valence-electron chi connectivity index (χ1n) is 8.13. The lowest BCUT2D eigenvalue weighted by atomic mass is 10.1. The Hall–Kier alpha value is -1.82. The third-order valence-electron chi connectivity index (χ3n) is 3.51. The Morgan fingerprint density at radius 2 is 2.41 bits per heavy atom. The Balaban J connectivity index is 1.66. The number of guanidine groups is 1. The van der Waals surface area contributed by atoms with Crippen LogP contribution in [-0.2, 0) is 11.3 Å². The van der Waals surface area contributed by atoms with Gasteiger partial charge in [0.1, 0.15) is 0 Å². The van der Waals surface area contributed by atoms with Crippen molar-refractivity contribution in [1.29, 1.82) is 0 Å². The van der Waals surface area contributed by atoms with Crippen LogP contribution in [0.1, 0.15) is 26.2 Å². The summed E-state index contributed by atoms with van der Waals surface area (Å²) < 4.78 is 7.26. The third kappa shape index (κ3) is 6.30. The molecule has 0 spiro atoms. The molecule has 1 aromatic rings. The maximum Gasteiger partial charge on any atom is 0.191 e. The van der Waals surface area contributed by atoms with E-state index in [4.69, 9.17) is 4.74 Å². The molecule has 6 nitrogen and oxygen atoms in total. The lowest BCUT2D eigenvalue weighted by molar-refractivity contribution is 0.153. The van der Waals surface area contributed by atoms with Gasteiger partial charge in [-0.05, 0) is 32.3 Å². The van der Waals surface area contributed by atoms with E-state index in [1.165, 1.54) is 5.57 Å². The smallest absolute Gasteiger partial charge is 0.191 e. The fraction of sp³-hybridized carbons (Fsp3) is 0.625. The molecule has 1 aliphatic heterocycles. The van der Waals surface area contributed by atoms with Crippen molar-refractivity contribution < 1.29 is 4.74 Å². The summed E-state index contributed by atoms with van der Waals surface area (Å²) in [5, 5.41) is 10.9. The van der Waals surface area contributed by atoms with Gasteiger partial charge in [-0.2, -0.15) is 5.10 Å². The summed E-state index contributed by atoms with van der Waals surface area (Å²) in [6.07, 6.45) is 9.08. The monoisotopic (exact) mass is 305 g/mol. The van der Waals surface area contributed by atoms with Crippen LogP contribution in [0.5, 0.6) is 0 Å². The SMILES string of the molecule is CCNC(=NCCCn1cccn1)NCCC1=CCOCC1. The number of aryl methyl sites for hydroxylation is 1. The van der Waals surface area contributed by atoms with Crippen molar-refractivity contribution in [2.75, 3.05) is 32.8 Å². The topological polar surface area (TPSA) is 63.5 Å². The van der Waals surface area contributed by atoms with E-state index in [1.807, 2.05) is 16.9 Å². The van der Waals surface area contributed by atoms with Crippen LogP contribution in [0.2, 0.25) is 0 Å². The zero-order valence-corrected chi connectivity index (χ0v) is 13.4. The van der Waals surface area contributed by atoms with Crippen molar-refractivity contribution in [3.63, 3.8) is 0 Å². The van der Waals surface area contributed by atoms with Crippen LogP contribution in [0.25, 0.3) is 0 Å². The van der Waals surface area contributed by atoms with Gasteiger partial charge in [-0.25, -0.2) is 0 Å². The van der Waals surface area contributed by atoms with E-state index in [-0.39, 0.29) is 0 Å². The lowest BCUT2D eigenvalue weighted by Gasteiger charge is -2.15. The molecule has 0 fully saturated rings. The molecule has 0 saturated carbocycles. The maximum absolute atomic E-state index is 5.32. The van der Waals surface area contributed by atoms with E-state index in [2.05, 4.69) is 33.7 Å². The molecule has 2 N–H and O–H groups in total. The number of aliphatic imine (C=N–C) groups is 1. The average Bonchev–Trinajstić information content (AvgIpc) is 3.06. The van der Waals surface area contributed by atoms with Gasteiger partial charge in [-0.1, -0.05) is 11.6 Å². The molecule has 22 heavy (non-hydrogen) atoms. The second-order valence-electron chi connectivity index (χ2n) is 5.25. The molecule has 0 aromatic carbocycles. The maximum atomic E-state index is 5.32. The van der Waals surface area contributed by atoms with Crippen LogP contribution in [-0.4, -0.2) is 48.6 Å². The van der Waals surface area contributed by atoms with Crippen LogP contribution in [0, 0.1) is 0 Å². The molecule has 1 aliphatic rings. The molecule has 6 heteroatoms. The number of rotatable bonds is 8. The van der Waals surface area contributed by atoms with Crippen LogP contribution in [0.4, 0.5) is 0 Å². The van der Waals surface area contributed by atoms with E-state index >= 15 is 0 Å². The predicted octanol–water partition coefficient (Wildman–Crippen LogP) is 1.57. The molecule has 0 unspecified atom stereocenters. The first kappa shape index (κ1) is 16.5. The van der Waals surface area contributed by atoms with Crippen molar-refractivity contribution in [2.24, 2.45) is 4.99 Å². The second-order valence-corrected chi connectivity index (χ2v) is 5.25. The molecule has 0 aliphatic carbocycles. The summed E-state index contributed by atoms with van der Waals surface area (Å²) >= 11 is 0. The van der Waals surface area contributed by atoms with Gasteiger partial charge in [-0.3, -0.25) is 9.67 Å². The summed E-state index contributed by atoms with van der Waals surface area (Å²) in [4.78, 5) is 4.60. The lowest BCUT2D eigenvalue weighted by Crippen LogP contribution is -2.38. The van der Waals surface area contributed by atoms with Crippen molar-refractivity contribution >= 4 is 5.96 Å². The molecule has 0 atom stereocenters. The highest BCUT2D eigenvalue weighted by atomic mass is 16.5. The van der Waals surface area contributed by atoms with E-state index < -0.39 is 0 Å². The van der Waals surface area contributed by atoms with Crippen LogP contribution < -0.4 is 10.6 Å². The number of ether oxygens (including phenoxy) is 1. The fourth-order valence-corrected chi connectivity index (χ4v) is 2.33. The Morgan fingerprint density at radius 1 is 1.45 bits per heavy atom. The number of aromatic nitrogens is 2. The molecule has 2 rings (SSSR count). The number of hydrogen-bond donors (Lipinski definition) is 2. The minimum Gasteiger partial charge on any atom is -0.377 e. The average molecular weight is 305 g/mol. The summed E-state index contributed by atoms with van der Waals surface area (Å²) in [5.41, 5.74) is 1.48. The van der Waals surface area contributed by atoms with Crippen molar-refractivity contribution in [3.05, 3.63) is 30.1 Å². The molecule has 122 valence electrons. The van der Waals surface area contributed by atoms with Crippen molar-refractivity contribution in [2.45, 2.75) is 32.7 Å². The van der Waals surface area contributed by atoms with Crippen molar-refractivity contribution in [3.8, 4) is 0 Å². The minimum absolute atomic E-state index is 0.761. The number of hydrogen-bond acceptors (Lipinski definition) is 3. The molecular weight excluding hydrogens is 278 g/mol. The van der Waals surface area contributed by atoms with Gasteiger partial charge in [0, 0.05) is 38.6 Å². The summed E-state index contributed by atoms with van der Waals surface area (Å²) in [6.45, 7) is 7.19. The van der Waals surface area contributed by atoms with Gasteiger partial charge in [0.2, 0.25) is 0 Å². The summed E-state index contributed by atoms with van der Waals surface area (Å²) in [6, 6.07) is 1.94. The quantitative estimate of drug-likeness (QED) is 0.331. The highest BCUT2D eigenvalue weighted by molar-refractivity contribution is 5.79. The zero-order valence-electron chi connectivity index (χ0n) is 13.4. The summed E-state index contributed by atoms with van der Waals surface area (Å²) in [7, 11) is 0. The number of nitrogens with one attached hydrogen (secondary N) is 2. The summed E-state index contributed by atoms with van der Waals surface area (Å²) in [5.74, 6) is 0.899. The van der Waals surface area contributed by atoms with Crippen LogP contribution in [0.15, 0.2) is 35.1 Å². The molecule has 0 bridgehead atoms.